The number of carbonyl (C=O) groups is 1. The van der Waals surface area contributed by atoms with Gasteiger partial charge in [0.15, 0.2) is 0 Å². The van der Waals surface area contributed by atoms with E-state index in [4.69, 9.17) is 5.73 Å². The maximum absolute atomic E-state index is 11.5. The molecule has 0 aliphatic carbocycles. The number of aromatic nitrogens is 2. The molecule has 1 aromatic carbocycles. The van der Waals surface area contributed by atoms with E-state index >= 15 is 0 Å². The Morgan fingerprint density at radius 1 is 1.33 bits per heavy atom. The van der Waals surface area contributed by atoms with Crippen LogP contribution in [0.4, 0.5) is 5.13 Å². The predicted octanol–water partition coefficient (Wildman–Crippen LogP) is 1.45. The summed E-state index contributed by atoms with van der Waals surface area (Å²) in [6.07, 6.45) is 3.24. The van der Waals surface area contributed by atoms with Gasteiger partial charge in [0.25, 0.3) is 0 Å². The molecule has 0 radical (unpaired) electrons. The minimum absolute atomic E-state index is 0.173. The number of benzene rings is 1. The first-order valence-electron chi connectivity index (χ1n) is 5.33. The van der Waals surface area contributed by atoms with E-state index in [-0.39, 0.29) is 5.91 Å². The van der Waals surface area contributed by atoms with Crippen LogP contribution < -0.4 is 11.1 Å². The van der Waals surface area contributed by atoms with Crippen LogP contribution in [-0.2, 0) is 11.3 Å². The lowest BCUT2D eigenvalue weighted by Crippen LogP contribution is -2.20. The minimum atomic E-state index is -0.173. The summed E-state index contributed by atoms with van der Waals surface area (Å²) < 4.78 is 0. The fourth-order valence-corrected chi connectivity index (χ4v) is 1.84. The molecule has 2 rings (SSSR count). The zero-order valence-corrected chi connectivity index (χ0v) is 10.4. The van der Waals surface area contributed by atoms with Crippen molar-refractivity contribution in [3.8, 4) is 0 Å². The molecule has 2 aromatic rings. The number of nitrogen functional groups attached to an aromatic ring is 1. The quantitative estimate of drug-likeness (QED) is 0.815. The van der Waals surface area contributed by atoms with Gasteiger partial charge in [-0.1, -0.05) is 41.7 Å². The van der Waals surface area contributed by atoms with Gasteiger partial charge in [-0.05, 0) is 11.6 Å². The summed E-state index contributed by atoms with van der Waals surface area (Å²) in [7, 11) is 0. The summed E-state index contributed by atoms with van der Waals surface area (Å²) in [5.41, 5.74) is 6.42. The Balaban J connectivity index is 1.84. The molecule has 0 fully saturated rings. The number of amides is 1. The average molecular weight is 260 g/mol. The van der Waals surface area contributed by atoms with Gasteiger partial charge >= 0.3 is 0 Å². The second-order valence-corrected chi connectivity index (χ2v) is 4.59. The molecule has 1 heterocycles. The van der Waals surface area contributed by atoms with Gasteiger partial charge in [-0.25, -0.2) is 0 Å². The first-order valence-corrected chi connectivity index (χ1v) is 6.14. The molecular weight excluding hydrogens is 248 g/mol. The molecule has 0 unspecified atom stereocenters. The number of rotatable bonds is 4. The van der Waals surface area contributed by atoms with Gasteiger partial charge < -0.3 is 11.1 Å². The van der Waals surface area contributed by atoms with Crippen molar-refractivity contribution in [1.82, 2.24) is 15.5 Å². The second-order valence-electron chi connectivity index (χ2n) is 3.50. The van der Waals surface area contributed by atoms with Gasteiger partial charge in [-0.15, -0.1) is 10.2 Å². The van der Waals surface area contributed by atoms with Gasteiger partial charge in [0.05, 0.1) is 6.54 Å². The van der Waals surface area contributed by atoms with Gasteiger partial charge in [0.2, 0.25) is 11.0 Å². The van der Waals surface area contributed by atoms with Crippen molar-refractivity contribution in [2.75, 3.05) is 5.73 Å². The molecule has 0 spiro atoms. The lowest BCUT2D eigenvalue weighted by molar-refractivity contribution is -0.116. The lowest BCUT2D eigenvalue weighted by Gasteiger charge is -1.97. The third-order valence-electron chi connectivity index (χ3n) is 2.12. The third-order valence-corrected chi connectivity index (χ3v) is 2.88. The Bertz CT molecular complexity index is 550. The summed E-state index contributed by atoms with van der Waals surface area (Å²) in [6.45, 7) is 0.340. The van der Waals surface area contributed by atoms with E-state index in [2.05, 4.69) is 15.5 Å². The van der Waals surface area contributed by atoms with Crippen LogP contribution in [-0.4, -0.2) is 16.1 Å². The minimum Gasteiger partial charge on any atom is -0.374 e. The first kappa shape index (κ1) is 12.3. The average Bonchev–Trinajstić information content (AvgIpc) is 2.81. The summed E-state index contributed by atoms with van der Waals surface area (Å²) in [5, 5.41) is 11.3. The molecule has 3 N–H and O–H groups in total. The highest BCUT2D eigenvalue weighted by molar-refractivity contribution is 7.15. The number of anilines is 1. The highest BCUT2D eigenvalue weighted by Gasteiger charge is 2.01. The summed E-state index contributed by atoms with van der Waals surface area (Å²) >= 11 is 1.26. The Morgan fingerprint density at radius 3 is 2.78 bits per heavy atom. The van der Waals surface area contributed by atoms with E-state index in [1.165, 1.54) is 17.4 Å². The fourth-order valence-electron chi connectivity index (χ4n) is 1.30. The van der Waals surface area contributed by atoms with Crippen LogP contribution in [0, 0.1) is 0 Å². The number of carbonyl (C=O) groups excluding carboxylic acids is 1. The molecular formula is C12H12N4OS. The predicted molar refractivity (Wildman–Crippen MR) is 71.6 cm³/mol. The molecule has 6 heteroatoms. The number of nitrogens with zero attached hydrogens (tertiary/aromatic N) is 2. The van der Waals surface area contributed by atoms with Crippen LogP contribution in [0.3, 0.4) is 0 Å². The maximum Gasteiger partial charge on any atom is 0.244 e. The molecule has 5 nitrogen and oxygen atoms in total. The number of hydrogen-bond donors (Lipinski definition) is 2. The smallest absolute Gasteiger partial charge is 0.244 e. The Kier molecular flexibility index (Phi) is 4.03. The van der Waals surface area contributed by atoms with Crippen LogP contribution >= 0.6 is 11.3 Å². The standard InChI is InChI=1S/C12H12N4OS/c13-12-16-15-11(18-12)8-14-10(17)7-6-9-4-2-1-3-5-9/h1-7H,8H2,(H2,13,16)(H,14,17). The van der Waals surface area contributed by atoms with E-state index in [0.29, 0.717) is 16.7 Å². The monoisotopic (exact) mass is 260 g/mol. The largest absolute Gasteiger partial charge is 0.374 e. The van der Waals surface area contributed by atoms with Crippen molar-refractivity contribution in [3.63, 3.8) is 0 Å². The van der Waals surface area contributed by atoms with E-state index in [1.807, 2.05) is 30.3 Å². The van der Waals surface area contributed by atoms with E-state index < -0.39 is 0 Å². The molecule has 1 aromatic heterocycles. The second kappa shape index (κ2) is 5.92. The molecule has 0 aliphatic rings. The van der Waals surface area contributed by atoms with Gasteiger partial charge in [0, 0.05) is 6.08 Å². The number of hydrogen-bond acceptors (Lipinski definition) is 5. The summed E-state index contributed by atoms with van der Waals surface area (Å²) in [6, 6.07) is 9.62. The zero-order valence-electron chi connectivity index (χ0n) is 9.54. The van der Waals surface area contributed by atoms with Crippen LogP contribution in [0.2, 0.25) is 0 Å². The Labute approximate surface area is 108 Å². The topological polar surface area (TPSA) is 80.9 Å². The molecule has 18 heavy (non-hydrogen) atoms. The lowest BCUT2D eigenvalue weighted by atomic mass is 10.2. The molecule has 0 atom stereocenters. The van der Waals surface area contributed by atoms with E-state index in [0.717, 1.165) is 5.56 Å². The third kappa shape index (κ3) is 3.67. The maximum atomic E-state index is 11.5. The molecule has 0 aliphatic heterocycles. The Morgan fingerprint density at radius 2 is 2.11 bits per heavy atom. The van der Waals surface area contributed by atoms with Crippen LogP contribution in [0.25, 0.3) is 6.08 Å². The normalized spacial score (nSPS) is 10.7. The highest BCUT2D eigenvalue weighted by Crippen LogP contribution is 2.10. The zero-order chi connectivity index (χ0) is 12.8. The summed E-state index contributed by atoms with van der Waals surface area (Å²) in [5.74, 6) is -0.173. The van der Waals surface area contributed by atoms with Gasteiger partial charge in [-0.2, -0.15) is 0 Å². The van der Waals surface area contributed by atoms with Gasteiger partial charge in [-0.3, -0.25) is 4.79 Å². The SMILES string of the molecule is Nc1nnc(CNC(=O)C=Cc2ccccc2)s1. The molecule has 0 bridgehead atoms. The fraction of sp³-hybridized carbons (Fsp3) is 0.0833. The molecule has 0 saturated heterocycles. The molecule has 1 amide bonds. The van der Waals surface area contributed by atoms with E-state index in [1.54, 1.807) is 6.08 Å². The van der Waals surface area contributed by atoms with Crippen molar-refractivity contribution >= 4 is 28.5 Å². The van der Waals surface area contributed by atoms with Crippen molar-refractivity contribution in [2.24, 2.45) is 0 Å². The highest BCUT2D eigenvalue weighted by atomic mass is 32.1. The number of nitrogens with two attached hydrogens (primary N) is 1. The molecule has 92 valence electrons. The first-order chi connectivity index (χ1) is 8.74. The Hall–Kier alpha value is -2.21. The van der Waals surface area contributed by atoms with Gasteiger partial charge in [0.1, 0.15) is 5.01 Å². The summed E-state index contributed by atoms with van der Waals surface area (Å²) in [4.78, 5) is 11.5. The van der Waals surface area contributed by atoms with Crippen molar-refractivity contribution in [2.45, 2.75) is 6.54 Å². The van der Waals surface area contributed by atoms with Crippen molar-refractivity contribution in [1.29, 1.82) is 0 Å². The van der Waals surface area contributed by atoms with Crippen LogP contribution in [0.15, 0.2) is 36.4 Å². The van der Waals surface area contributed by atoms with Crippen LogP contribution in [0.5, 0.6) is 0 Å². The van der Waals surface area contributed by atoms with Crippen molar-refractivity contribution in [3.05, 3.63) is 47.0 Å². The molecule has 0 saturated carbocycles. The number of nitrogens with one attached hydrogen (secondary N) is 1. The van der Waals surface area contributed by atoms with Crippen molar-refractivity contribution < 1.29 is 4.79 Å². The van der Waals surface area contributed by atoms with Crippen LogP contribution in [0.1, 0.15) is 10.6 Å². The van der Waals surface area contributed by atoms with E-state index in [9.17, 15) is 4.79 Å².